The van der Waals surface area contributed by atoms with Gasteiger partial charge in [-0.3, -0.25) is 19.3 Å². The zero-order chi connectivity index (χ0) is 32.1. The third-order valence-corrected chi connectivity index (χ3v) is 8.61. The van der Waals surface area contributed by atoms with Crippen LogP contribution < -0.4 is 25.2 Å². The van der Waals surface area contributed by atoms with Crippen molar-refractivity contribution in [2.75, 3.05) is 58.0 Å². The topological polar surface area (TPSA) is 113 Å². The highest BCUT2D eigenvalue weighted by Crippen LogP contribution is 2.38. The number of morpholine rings is 1. The van der Waals surface area contributed by atoms with Gasteiger partial charge in [0, 0.05) is 61.1 Å². The number of H-pyrrole nitrogens is 1. The van der Waals surface area contributed by atoms with E-state index in [0.29, 0.717) is 47.0 Å². The second-order valence-electron chi connectivity index (χ2n) is 11.8. The highest BCUT2D eigenvalue weighted by atomic mass is 16.5. The van der Waals surface area contributed by atoms with E-state index in [4.69, 9.17) is 14.2 Å². The second kappa shape index (κ2) is 14.3. The molecule has 10 nitrogen and oxygen atoms in total. The van der Waals surface area contributed by atoms with E-state index >= 15 is 0 Å². The lowest BCUT2D eigenvalue weighted by Gasteiger charge is -2.26. The van der Waals surface area contributed by atoms with Crippen LogP contribution in [-0.2, 0) is 16.1 Å². The third-order valence-electron chi connectivity index (χ3n) is 8.61. The molecular weight excluding hydrogens is 572 g/mol. The summed E-state index contributed by atoms with van der Waals surface area (Å²) >= 11 is 0. The van der Waals surface area contributed by atoms with Gasteiger partial charge in [-0.1, -0.05) is 6.07 Å². The fourth-order valence-corrected chi connectivity index (χ4v) is 5.82. The lowest BCUT2D eigenvalue weighted by Crippen LogP contribution is -2.38. The number of nitrogens with zero attached hydrogens (tertiary/aromatic N) is 2. The van der Waals surface area contributed by atoms with Crippen LogP contribution in [0.2, 0.25) is 0 Å². The van der Waals surface area contributed by atoms with Gasteiger partial charge in [0.25, 0.3) is 11.5 Å². The van der Waals surface area contributed by atoms with Crippen molar-refractivity contribution in [3.63, 3.8) is 0 Å². The molecule has 45 heavy (non-hydrogen) atoms. The van der Waals surface area contributed by atoms with Crippen LogP contribution in [0.25, 0.3) is 11.1 Å². The summed E-state index contributed by atoms with van der Waals surface area (Å²) in [5, 5.41) is 2.95. The molecule has 2 heterocycles. The van der Waals surface area contributed by atoms with Crippen LogP contribution in [0, 0.1) is 26.7 Å². The SMILES string of the molecule is CCN(C(=O)C1CC1)c1cc(-c2ccc(OCCN3CCOCC3)c(OC)c2)cc(C(=O)NCc2c(C)cc(C)[nH]c2=O)c1C. The zero-order valence-corrected chi connectivity index (χ0v) is 27.0. The number of hydrogen-bond acceptors (Lipinski definition) is 7. The predicted octanol–water partition coefficient (Wildman–Crippen LogP) is 4.38. The lowest BCUT2D eigenvalue weighted by molar-refractivity contribution is -0.119. The van der Waals surface area contributed by atoms with Gasteiger partial charge in [0.2, 0.25) is 5.91 Å². The Kier molecular flexibility index (Phi) is 10.2. The Morgan fingerprint density at radius 3 is 2.47 bits per heavy atom. The Morgan fingerprint density at radius 2 is 1.80 bits per heavy atom. The van der Waals surface area contributed by atoms with E-state index in [1.54, 1.807) is 12.0 Å². The minimum Gasteiger partial charge on any atom is -0.493 e. The molecule has 0 radical (unpaired) electrons. The molecule has 1 aliphatic carbocycles. The Bertz CT molecular complexity index is 1610. The summed E-state index contributed by atoms with van der Waals surface area (Å²) in [4.78, 5) is 46.6. The Hall–Kier alpha value is -4.15. The summed E-state index contributed by atoms with van der Waals surface area (Å²) in [7, 11) is 1.61. The molecule has 10 heteroatoms. The normalized spacial score (nSPS) is 15.0. The number of aromatic nitrogens is 1. The van der Waals surface area contributed by atoms with Crippen LogP contribution >= 0.6 is 0 Å². The fourth-order valence-electron chi connectivity index (χ4n) is 5.82. The number of anilines is 1. The molecule has 2 amide bonds. The molecule has 1 saturated heterocycles. The second-order valence-corrected chi connectivity index (χ2v) is 11.8. The number of aryl methyl sites for hydroxylation is 2. The van der Waals surface area contributed by atoms with Crippen molar-refractivity contribution in [2.45, 2.75) is 47.1 Å². The summed E-state index contributed by atoms with van der Waals surface area (Å²) in [5.41, 5.74) is 5.31. The van der Waals surface area contributed by atoms with Crippen molar-refractivity contribution in [1.82, 2.24) is 15.2 Å². The first kappa shape index (κ1) is 32.2. The molecular formula is C35H44N4O6. The number of carbonyl (C=O) groups excluding carboxylic acids is 2. The maximum Gasteiger partial charge on any atom is 0.253 e. The summed E-state index contributed by atoms with van der Waals surface area (Å²) in [6.07, 6.45) is 1.77. The monoisotopic (exact) mass is 616 g/mol. The number of benzene rings is 2. The van der Waals surface area contributed by atoms with Crippen LogP contribution in [-0.4, -0.2) is 74.8 Å². The average Bonchev–Trinajstić information content (AvgIpc) is 3.88. The standard InChI is InChI=1S/C35H44N4O6/c1-6-39(35(42)25-7-8-25)30-19-27(18-28(24(30)4)33(40)36-21-29-22(2)17-23(3)37-34(29)41)26-9-10-31(32(20-26)43-5)45-16-13-38-11-14-44-15-12-38/h9-10,17-20,25H,6-8,11-16,21H2,1-5H3,(H,36,40)(H,37,41). The number of nitrogens with one attached hydrogen (secondary N) is 2. The first-order chi connectivity index (χ1) is 21.7. The van der Waals surface area contributed by atoms with E-state index in [1.807, 2.05) is 64.1 Å². The summed E-state index contributed by atoms with van der Waals surface area (Å²) in [6, 6.07) is 11.4. The van der Waals surface area contributed by atoms with E-state index in [-0.39, 0.29) is 29.8 Å². The third kappa shape index (κ3) is 7.57. The first-order valence-corrected chi connectivity index (χ1v) is 15.7. The molecule has 0 spiro atoms. The molecule has 2 fully saturated rings. The molecule has 2 aromatic carbocycles. The Balaban J connectivity index is 1.45. The van der Waals surface area contributed by atoms with Crippen molar-refractivity contribution < 1.29 is 23.8 Å². The van der Waals surface area contributed by atoms with Gasteiger partial charge in [0.1, 0.15) is 6.61 Å². The summed E-state index contributed by atoms with van der Waals surface area (Å²) in [6.45, 7) is 12.7. The number of hydrogen-bond donors (Lipinski definition) is 2. The van der Waals surface area contributed by atoms with Crippen molar-refractivity contribution in [3.05, 3.63) is 74.7 Å². The molecule has 1 aliphatic heterocycles. The largest absolute Gasteiger partial charge is 0.493 e. The summed E-state index contributed by atoms with van der Waals surface area (Å²) < 4.78 is 17.2. The van der Waals surface area contributed by atoms with Crippen molar-refractivity contribution in [2.24, 2.45) is 5.92 Å². The maximum absolute atomic E-state index is 13.7. The van der Waals surface area contributed by atoms with E-state index in [0.717, 1.165) is 68.1 Å². The van der Waals surface area contributed by atoms with Gasteiger partial charge >= 0.3 is 0 Å². The number of carbonyl (C=O) groups is 2. The van der Waals surface area contributed by atoms with Gasteiger partial charge in [0.15, 0.2) is 11.5 Å². The van der Waals surface area contributed by atoms with Crippen LogP contribution in [0.5, 0.6) is 11.5 Å². The quantitative estimate of drug-likeness (QED) is 0.311. The molecule has 0 unspecified atom stereocenters. The van der Waals surface area contributed by atoms with Gasteiger partial charge in [-0.2, -0.15) is 0 Å². The van der Waals surface area contributed by atoms with Crippen LogP contribution in [0.4, 0.5) is 5.69 Å². The minimum absolute atomic E-state index is 0.0236. The van der Waals surface area contributed by atoms with E-state index < -0.39 is 0 Å². The van der Waals surface area contributed by atoms with Crippen molar-refractivity contribution in [1.29, 1.82) is 0 Å². The molecule has 2 aliphatic rings. The van der Waals surface area contributed by atoms with Gasteiger partial charge in [-0.05, 0) is 93.1 Å². The number of aromatic amines is 1. The maximum atomic E-state index is 13.7. The number of pyridine rings is 1. The van der Waals surface area contributed by atoms with Crippen LogP contribution in [0.1, 0.15) is 52.5 Å². The van der Waals surface area contributed by atoms with E-state index in [2.05, 4.69) is 15.2 Å². The molecule has 240 valence electrons. The summed E-state index contributed by atoms with van der Waals surface area (Å²) in [5.74, 6) is 0.999. The van der Waals surface area contributed by atoms with Gasteiger partial charge in [-0.15, -0.1) is 0 Å². The average molecular weight is 617 g/mol. The van der Waals surface area contributed by atoms with Gasteiger partial charge in [-0.25, -0.2) is 0 Å². The van der Waals surface area contributed by atoms with Gasteiger partial charge in [0.05, 0.1) is 20.3 Å². The van der Waals surface area contributed by atoms with Crippen LogP contribution in [0.3, 0.4) is 0 Å². The fraction of sp³-hybridized carbons (Fsp3) is 0.457. The van der Waals surface area contributed by atoms with Crippen LogP contribution in [0.15, 0.2) is 41.2 Å². The number of ether oxygens (including phenoxy) is 3. The van der Waals surface area contributed by atoms with Crippen molar-refractivity contribution >= 4 is 17.5 Å². The van der Waals surface area contributed by atoms with Gasteiger partial charge < -0.3 is 29.4 Å². The molecule has 0 bridgehead atoms. The number of rotatable bonds is 12. The first-order valence-electron chi connectivity index (χ1n) is 15.7. The molecule has 3 aromatic rings. The smallest absolute Gasteiger partial charge is 0.253 e. The molecule has 0 atom stereocenters. The highest BCUT2D eigenvalue weighted by molar-refractivity contribution is 6.03. The van der Waals surface area contributed by atoms with E-state index in [9.17, 15) is 14.4 Å². The Labute approximate surface area is 264 Å². The highest BCUT2D eigenvalue weighted by Gasteiger charge is 2.34. The molecule has 1 aromatic heterocycles. The minimum atomic E-state index is -0.320. The number of methoxy groups -OCH3 is 1. The predicted molar refractivity (Wildman–Crippen MR) is 174 cm³/mol. The molecule has 1 saturated carbocycles. The molecule has 2 N–H and O–H groups in total. The number of amides is 2. The van der Waals surface area contributed by atoms with E-state index in [1.165, 1.54) is 0 Å². The lowest BCUT2D eigenvalue weighted by atomic mass is 9.96. The molecule has 5 rings (SSSR count). The van der Waals surface area contributed by atoms with Crippen molar-refractivity contribution in [3.8, 4) is 22.6 Å². The zero-order valence-electron chi connectivity index (χ0n) is 27.0. The Morgan fingerprint density at radius 1 is 1.04 bits per heavy atom.